The highest BCUT2D eigenvalue weighted by atomic mass is 16.1. The zero-order chi connectivity index (χ0) is 13.7. The smallest absolute Gasteiger partial charge is 0.253 e. The summed E-state index contributed by atoms with van der Waals surface area (Å²) in [6, 6.07) is 11.7. The highest BCUT2D eigenvalue weighted by Crippen LogP contribution is 2.20. The molecule has 3 heteroatoms. The Morgan fingerprint density at radius 3 is 2.68 bits per heavy atom. The molecule has 0 aliphatic heterocycles. The van der Waals surface area contributed by atoms with Gasteiger partial charge in [0.25, 0.3) is 5.91 Å². The van der Waals surface area contributed by atoms with Crippen molar-refractivity contribution in [3.8, 4) is 0 Å². The minimum atomic E-state index is -0.0804. The van der Waals surface area contributed by atoms with Crippen molar-refractivity contribution in [1.82, 2.24) is 10.3 Å². The quantitative estimate of drug-likeness (QED) is 0.909. The lowest BCUT2D eigenvalue weighted by molar-refractivity contribution is 0.0935. The van der Waals surface area contributed by atoms with Crippen LogP contribution in [0.15, 0.2) is 48.8 Å². The SMILES string of the molecule is CC[C@@H](NC(=O)c1cccnc1)c1ccccc1C. The number of aryl methyl sites for hydroxylation is 1. The molecule has 0 saturated heterocycles. The van der Waals surface area contributed by atoms with Crippen molar-refractivity contribution in [3.63, 3.8) is 0 Å². The van der Waals surface area contributed by atoms with E-state index in [0.29, 0.717) is 5.56 Å². The van der Waals surface area contributed by atoms with E-state index in [1.165, 1.54) is 11.1 Å². The van der Waals surface area contributed by atoms with Crippen LogP contribution in [0.4, 0.5) is 0 Å². The zero-order valence-corrected chi connectivity index (χ0v) is 11.3. The first-order valence-corrected chi connectivity index (χ1v) is 6.48. The standard InChI is InChI=1S/C16H18N2O/c1-3-15(14-9-5-4-7-12(14)2)18-16(19)13-8-6-10-17-11-13/h4-11,15H,3H2,1-2H3,(H,18,19)/t15-/m1/s1. The maximum Gasteiger partial charge on any atom is 0.253 e. The molecule has 2 rings (SSSR count). The van der Waals surface area contributed by atoms with Gasteiger partial charge in [-0.25, -0.2) is 0 Å². The van der Waals surface area contributed by atoms with Gasteiger partial charge in [-0.1, -0.05) is 31.2 Å². The lowest BCUT2D eigenvalue weighted by atomic mass is 9.99. The van der Waals surface area contributed by atoms with Gasteiger partial charge in [0.1, 0.15) is 0 Å². The number of hydrogen-bond acceptors (Lipinski definition) is 2. The van der Waals surface area contributed by atoms with Crippen LogP contribution in [0.1, 0.15) is 40.9 Å². The Hall–Kier alpha value is -2.16. The Morgan fingerprint density at radius 1 is 1.26 bits per heavy atom. The Morgan fingerprint density at radius 2 is 2.05 bits per heavy atom. The van der Waals surface area contributed by atoms with E-state index in [-0.39, 0.29) is 11.9 Å². The van der Waals surface area contributed by atoms with Crippen molar-refractivity contribution in [2.24, 2.45) is 0 Å². The van der Waals surface area contributed by atoms with Crippen molar-refractivity contribution in [2.45, 2.75) is 26.3 Å². The molecule has 0 unspecified atom stereocenters. The monoisotopic (exact) mass is 254 g/mol. The van der Waals surface area contributed by atoms with E-state index in [9.17, 15) is 4.79 Å². The molecule has 1 amide bonds. The number of aromatic nitrogens is 1. The molecule has 1 atom stereocenters. The summed E-state index contributed by atoms with van der Waals surface area (Å²) in [6.07, 6.45) is 4.10. The van der Waals surface area contributed by atoms with E-state index in [1.807, 2.05) is 12.1 Å². The molecular formula is C16H18N2O. The molecular weight excluding hydrogens is 236 g/mol. The van der Waals surface area contributed by atoms with Crippen molar-refractivity contribution in [2.75, 3.05) is 0 Å². The molecule has 1 aromatic carbocycles. The Labute approximate surface area is 113 Å². The number of carbonyl (C=O) groups is 1. The van der Waals surface area contributed by atoms with E-state index in [1.54, 1.807) is 24.5 Å². The van der Waals surface area contributed by atoms with Gasteiger partial charge in [0, 0.05) is 12.4 Å². The number of nitrogens with one attached hydrogen (secondary N) is 1. The molecule has 1 N–H and O–H groups in total. The molecule has 0 bridgehead atoms. The summed E-state index contributed by atoms with van der Waals surface area (Å²) in [6.45, 7) is 4.13. The molecule has 1 aromatic heterocycles. The van der Waals surface area contributed by atoms with Crippen molar-refractivity contribution in [1.29, 1.82) is 0 Å². The van der Waals surface area contributed by atoms with E-state index in [2.05, 4.69) is 36.3 Å². The lowest BCUT2D eigenvalue weighted by Gasteiger charge is -2.19. The van der Waals surface area contributed by atoms with E-state index < -0.39 is 0 Å². The minimum Gasteiger partial charge on any atom is -0.345 e. The van der Waals surface area contributed by atoms with Crippen LogP contribution in [0.3, 0.4) is 0 Å². The molecule has 0 aliphatic carbocycles. The molecule has 0 spiro atoms. The van der Waals surface area contributed by atoms with Crippen LogP contribution >= 0.6 is 0 Å². The summed E-state index contributed by atoms with van der Waals surface area (Å²) in [4.78, 5) is 16.1. The van der Waals surface area contributed by atoms with Crippen LogP contribution in [0.2, 0.25) is 0 Å². The van der Waals surface area contributed by atoms with Crippen molar-refractivity contribution in [3.05, 3.63) is 65.5 Å². The number of hydrogen-bond donors (Lipinski definition) is 1. The number of nitrogens with zero attached hydrogens (tertiary/aromatic N) is 1. The fraction of sp³-hybridized carbons (Fsp3) is 0.250. The molecule has 2 aromatic rings. The maximum atomic E-state index is 12.1. The first-order valence-electron chi connectivity index (χ1n) is 6.48. The number of rotatable bonds is 4. The van der Waals surface area contributed by atoms with Crippen molar-refractivity contribution < 1.29 is 4.79 Å². The Kier molecular flexibility index (Phi) is 4.29. The van der Waals surface area contributed by atoms with Gasteiger partial charge < -0.3 is 5.32 Å². The van der Waals surface area contributed by atoms with E-state index in [0.717, 1.165) is 6.42 Å². The molecule has 98 valence electrons. The summed E-state index contributed by atoms with van der Waals surface area (Å²) in [7, 11) is 0. The molecule has 3 nitrogen and oxygen atoms in total. The number of pyridine rings is 1. The highest BCUT2D eigenvalue weighted by Gasteiger charge is 2.15. The Bertz CT molecular complexity index is 552. The summed E-state index contributed by atoms with van der Waals surface area (Å²) in [5.74, 6) is -0.0804. The minimum absolute atomic E-state index is 0.0360. The summed E-state index contributed by atoms with van der Waals surface area (Å²) < 4.78 is 0. The van der Waals surface area contributed by atoms with Crippen molar-refractivity contribution >= 4 is 5.91 Å². The zero-order valence-electron chi connectivity index (χ0n) is 11.3. The molecule has 0 fully saturated rings. The molecule has 0 radical (unpaired) electrons. The van der Waals surface area contributed by atoms with Crippen LogP contribution in [-0.4, -0.2) is 10.9 Å². The normalized spacial score (nSPS) is 11.9. The average Bonchev–Trinajstić information content (AvgIpc) is 2.46. The number of amides is 1. The number of carbonyl (C=O) groups excluding carboxylic acids is 1. The van der Waals surface area contributed by atoms with Gasteiger partial charge in [0.15, 0.2) is 0 Å². The number of benzene rings is 1. The third kappa shape index (κ3) is 3.19. The second kappa shape index (κ2) is 6.14. The predicted octanol–water partition coefficient (Wildman–Crippen LogP) is 3.27. The topological polar surface area (TPSA) is 42.0 Å². The fourth-order valence-electron chi connectivity index (χ4n) is 2.12. The Balaban J connectivity index is 2.17. The second-order valence-electron chi connectivity index (χ2n) is 4.53. The van der Waals surface area contributed by atoms with Crippen LogP contribution in [0.25, 0.3) is 0 Å². The summed E-state index contributed by atoms with van der Waals surface area (Å²) in [5.41, 5.74) is 2.96. The summed E-state index contributed by atoms with van der Waals surface area (Å²) in [5, 5.41) is 3.06. The first-order chi connectivity index (χ1) is 9.22. The largest absolute Gasteiger partial charge is 0.345 e. The fourth-order valence-corrected chi connectivity index (χ4v) is 2.12. The third-order valence-electron chi connectivity index (χ3n) is 3.20. The van der Waals surface area contributed by atoms with Crippen LogP contribution in [0.5, 0.6) is 0 Å². The molecule has 0 saturated carbocycles. The van der Waals surface area contributed by atoms with Gasteiger partial charge in [-0.05, 0) is 36.6 Å². The molecule has 19 heavy (non-hydrogen) atoms. The van der Waals surface area contributed by atoms with Gasteiger partial charge in [-0.15, -0.1) is 0 Å². The molecule has 0 aliphatic rings. The third-order valence-corrected chi connectivity index (χ3v) is 3.20. The van der Waals surface area contributed by atoms with Crippen LogP contribution in [-0.2, 0) is 0 Å². The van der Waals surface area contributed by atoms with Gasteiger partial charge in [0.05, 0.1) is 11.6 Å². The summed E-state index contributed by atoms with van der Waals surface area (Å²) >= 11 is 0. The van der Waals surface area contributed by atoms with Crippen LogP contribution < -0.4 is 5.32 Å². The first kappa shape index (κ1) is 13.3. The van der Waals surface area contributed by atoms with Gasteiger partial charge >= 0.3 is 0 Å². The van der Waals surface area contributed by atoms with E-state index >= 15 is 0 Å². The maximum absolute atomic E-state index is 12.1. The van der Waals surface area contributed by atoms with E-state index in [4.69, 9.17) is 0 Å². The lowest BCUT2D eigenvalue weighted by Crippen LogP contribution is -2.28. The predicted molar refractivity (Wildman–Crippen MR) is 75.9 cm³/mol. The van der Waals surface area contributed by atoms with Gasteiger partial charge in [-0.2, -0.15) is 0 Å². The van der Waals surface area contributed by atoms with Crippen LogP contribution in [0, 0.1) is 6.92 Å². The average molecular weight is 254 g/mol. The second-order valence-corrected chi connectivity index (χ2v) is 4.53. The molecule has 1 heterocycles. The van der Waals surface area contributed by atoms with Gasteiger partial charge in [0.2, 0.25) is 0 Å². The highest BCUT2D eigenvalue weighted by molar-refractivity contribution is 5.94. The van der Waals surface area contributed by atoms with Gasteiger partial charge in [-0.3, -0.25) is 9.78 Å².